The van der Waals surface area contributed by atoms with Crippen LogP contribution in [0.1, 0.15) is 22.5 Å². The number of aliphatic hydroxyl groups is 1. The Morgan fingerprint density at radius 1 is 1.26 bits per heavy atom. The van der Waals surface area contributed by atoms with Crippen molar-refractivity contribution in [3.63, 3.8) is 0 Å². The predicted octanol–water partition coefficient (Wildman–Crippen LogP) is 2.80. The number of nitrogens with zero attached hydrogens (tertiary/aromatic N) is 2. The van der Waals surface area contributed by atoms with Crippen molar-refractivity contribution in [2.24, 2.45) is 0 Å². The summed E-state index contributed by atoms with van der Waals surface area (Å²) in [6.45, 7) is 0.647. The molecule has 9 nitrogen and oxygen atoms in total. The summed E-state index contributed by atoms with van der Waals surface area (Å²) in [5.41, 5.74) is 0.375. The molecule has 0 saturated carbocycles. The van der Waals surface area contributed by atoms with E-state index in [1.807, 2.05) is 0 Å². The first-order valence-corrected chi connectivity index (χ1v) is 11.9. The van der Waals surface area contributed by atoms with Gasteiger partial charge in [-0.2, -0.15) is 0 Å². The Morgan fingerprint density at radius 3 is 2.79 bits per heavy atom. The van der Waals surface area contributed by atoms with E-state index in [9.17, 15) is 18.8 Å². The Morgan fingerprint density at radius 2 is 2.09 bits per heavy atom. The normalized spacial score (nSPS) is 20.6. The SMILES string of the molecule is O=C(NC[C@H]1CN(c2ccc(N3CCOC(CCCO)C3=O)cc2F)C(=O)O1)c1ccc(Cl)s1. The molecule has 3 amide bonds. The highest BCUT2D eigenvalue weighted by Crippen LogP contribution is 2.30. The van der Waals surface area contributed by atoms with Crippen LogP contribution in [0.4, 0.5) is 20.6 Å². The highest BCUT2D eigenvalue weighted by atomic mass is 35.5. The van der Waals surface area contributed by atoms with Gasteiger partial charge in [-0.25, -0.2) is 9.18 Å². The maximum Gasteiger partial charge on any atom is 0.414 e. The van der Waals surface area contributed by atoms with Crippen molar-refractivity contribution in [1.29, 1.82) is 0 Å². The second-order valence-electron chi connectivity index (χ2n) is 7.78. The average molecular weight is 512 g/mol. The Bertz CT molecular complexity index is 1080. The smallest absolute Gasteiger partial charge is 0.414 e. The molecule has 2 N–H and O–H groups in total. The van der Waals surface area contributed by atoms with Gasteiger partial charge < -0.3 is 24.8 Å². The van der Waals surface area contributed by atoms with Gasteiger partial charge in [-0.05, 0) is 43.2 Å². The summed E-state index contributed by atoms with van der Waals surface area (Å²) in [7, 11) is 0. The molecule has 34 heavy (non-hydrogen) atoms. The van der Waals surface area contributed by atoms with Crippen molar-refractivity contribution in [2.45, 2.75) is 25.0 Å². The van der Waals surface area contributed by atoms with Crippen LogP contribution >= 0.6 is 22.9 Å². The number of benzene rings is 1. The van der Waals surface area contributed by atoms with Gasteiger partial charge in [0.15, 0.2) is 0 Å². The monoisotopic (exact) mass is 511 g/mol. The predicted molar refractivity (Wildman–Crippen MR) is 124 cm³/mol. The summed E-state index contributed by atoms with van der Waals surface area (Å²) in [4.78, 5) is 40.2. The topological polar surface area (TPSA) is 108 Å². The molecule has 0 aliphatic carbocycles. The Hall–Kier alpha value is -2.73. The van der Waals surface area contributed by atoms with E-state index in [0.29, 0.717) is 34.3 Å². The van der Waals surface area contributed by atoms with E-state index in [0.717, 1.165) is 16.2 Å². The number of thiophene rings is 1. The lowest BCUT2D eigenvalue weighted by Gasteiger charge is -2.32. The van der Waals surface area contributed by atoms with Crippen LogP contribution in [0.25, 0.3) is 0 Å². The summed E-state index contributed by atoms with van der Waals surface area (Å²) in [6.07, 6.45) is -1.25. The van der Waals surface area contributed by atoms with Crippen LogP contribution in [0.2, 0.25) is 4.34 Å². The second-order valence-corrected chi connectivity index (χ2v) is 9.50. The first-order valence-electron chi connectivity index (χ1n) is 10.7. The molecule has 0 spiro atoms. The first kappa shape index (κ1) is 24.4. The van der Waals surface area contributed by atoms with Gasteiger partial charge in [-0.3, -0.25) is 14.5 Å². The molecule has 2 atom stereocenters. The second kappa shape index (κ2) is 10.7. The molecule has 12 heteroatoms. The standard InChI is InChI=1S/C22H23ClFN3O6S/c23-19-6-5-18(34-19)20(29)25-11-14-12-27(22(31)33-14)16-4-3-13(10-15(16)24)26-7-9-32-17(21(26)30)2-1-8-28/h3-6,10,14,17,28H,1-2,7-9,11-12H2,(H,25,29)/t14-,17?/m0/s1. The number of halogens is 2. The van der Waals surface area contributed by atoms with Gasteiger partial charge >= 0.3 is 6.09 Å². The van der Waals surface area contributed by atoms with Crippen molar-refractivity contribution in [3.05, 3.63) is 45.4 Å². The van der Waals surface area contributed by atoms with Crippen LogP contribution in [0.15, 0.2) is 30.3 Å². The molecule has 3 heterocycles. The molecule has 2 aliphatic rings. The summed E-state index contributed by atoms with van der Waals surface area (Å²) in [5, 5.41) is 11.7. The van der Waals surface area contributed by atoms with E-state index in [2.05, 4.69) is 5.32 Å². The zero-order valence-corrected chi connectivity index (χ0v) is 19.6. The highest BCUT2D eigenvalue weighted by Gasteiger charge is 2.35. The average Bonchev–Trinajstić information content (AvgIpc) is 3.42. The Balaban J connectivity index is 1.39. The van der Waals surface area contributed by atoms with Crippen LogP contribution in [0.5, 0.6) is 0 Å². The minimum atomic E-state index is -0.725. The molecule has 2 aliphatic heterocycles. The lowest BCUT2D eigenvalue weighted by Crippen LogP contribution is -2.48. The number of amides is 3. The molecular formula is C22H23ClFN3O6S. The fourth-order valence-electron chi connectivity index (χ4n) is 3.82. The number of cyclic esters (lactones) is 1. The highest BCUT2D eigenvalue weighted by molar-refractivity contribution is 7.18. The molecule has 1 unspecified atom stereocenters. The number of carbonyl (C=O) groups is 3. The minimum Gasteiger partial charge on any atom is -0.442 e. The number of rotatable bonds is 8. The molecular weight excluding hydrogens is 489 g/mol. The van der Waals surface area contributed by atoms with E-state index >= 15 is 0 Å². The zero-order valence-electron chi connectivity index (χ0n) is 18.0. The number of anilines is 2. The van der Waals surface area contributed by atoms with Crippen LogP contribution in [0.3, 0.4) is 0 Å². The van der Waals surface area contributed by atoms with Gasteiger partial charge in [-0.1, -0.05) is 11.6 Å². The third-order valence-corrected chi connectivity index (χ3v) is 6.72. The van der Waals surface area contributed by atoms with Crippen LogP contribution < -0.4 is 15.1 Å². The molecule has 1 aromatic heterocycles. The number of ether oxygens (including phenoxy) is 2. The van der Waals surface area contributed by atoms with Gasteiger partial charge in [-0.15, -0.1) is 11.3 Å². The maximum absolute atomic E-state index is 15.0. The van der Waals surface area contributed by atoms with Crippen LogP contribution in [0, 0.1) is 5.82 Å². The minimum absolute atomic E-state index is 0.0187. The van der Waals surface area contributed by atoms with E-state index in [1.54, 1.807) is 18.2 Å². The largest absolute Gasteiger partial charge is 0.442 e. The van der Waals surface area contributed by atoms with E-state index in [-0.39, 0.29) is 43.7 Å². The summed E-state index contributed by atoms with van der Waals surface area (Å²) in [5.74, 6) is -1.32. The lowest BCUT2D eigenvalue weighted by molar-refractivity contribution is -0.134. The fourth-order valence-corrected chi connectivity index (χ4v) is 4.78. The van der Waals surface area contributed by atoms with Crippen molar-refractivity contribution < 1.29 is 33.4 Å². The molecule has 0 radical (unpaired) electrons. The van der Waals surface area contributed by atoms with E-state index < -0.39 is 24.1 Å². The maximum atomic E-state index is 15.0. The molecule has 4 rings (SSSR count). The number of nitrogens with one attached hydrogen (secondary N) is 1. The van der Waals surface area contributed by atoms with Crippen LogP contribution in [-0.4, -0.2) is 68.1 Å². The third-order valence-electron chi connectivity index (χ3n) is 5.49. The van der Waals surface area contributed by atoms with Gasteiger partial charge in [0.1, 0.15) is 18.0 Å². The number of aliphatic hydroxyl groups excluding tert-OH is 1. The van der Waals surface area contributed by atoms with Crippen molar-refractivity contribution in [3.8, 4) is 0 Å². The molecule has 1 aromatic carbocycles. The van der Waals surface area contributed by atoms with Crippen LogP contribution in [-0.2, 0) is 14.3 Å². The van der Waals surface area contributed by atoms with Gasteiger partial charge in [0.05, 0.1) is 34.6 Å². The van der Waals surface area contributed by atoms with Crippen molar-refractivity contribution in [1.82, 2.24) is 5.32 Å². The first-order chi connectivity index (χ1) is 16.4. The summed E-state index contributed by atoms with van der Waals surface area (Å²) in [6, 6.07) is 7.40. The number of carbonyl (C=O) groups excluding carboxylic acids is 3. The Labute approximate surface area is 204 Å². The lowest BCUT2D eigenvalue weighted by atomic mass is 10.1. The molecule has 182 valence electrons. The van der Waals surface area contributed by atoms with Crippen molar-refractivity contribution in [2.75, 3.05) is 42.6 Å². The fraction of sp³-hybridized carbons (Fsp3) is 0.409. The number of hydrogen-bond acceptors (Lipinski definition) is 7. The van der Waals surface area contributed by atoms with Crippen molar-refractivity contribution >= 4 is 52.2 Å². The molecule has 2 saturated heterocycles. The van der Waals surface area contributed by atoms with Gasteiger partial charge in [0, 0.05) is 18.8 Å². The third kappa shape index (κ3) is 5.33. The number of hydrogen-bond donors (Lipinski definition) is 2. The van der Waals surface area contributed by atoms with E-state index in [1.165, 1.54) is 17.0 Å². The molecule has 0 bridgehead atoms. The Kier molecular flexibility index (Phi) is 7.67. The quantitative estimate of drug-likeness (QED) is 0.564. The summed E-state index contributed by atoms with van der Waals surface area (Å²) < 4.78 is 26.2. The zero-order chi connectivity index (χ0) is 24.2. The van der Waals surface area contributed by atoms with E-state index in [4.69, 9.17) is 26.2 Å². The van der Waals surface area contributed by atoms with Gasteiger partial charge in [0.2, 0.25) is 0 Å². The molecule has 2 fully saturated rings. The summed E-state index contributed by atoms with van der Waals surface area (Å²) >= 11 is 6.97. The number of morpholine rings is 1. The molecule has 2 aromatic rings. The van der Waals surface area contributed by atoms with Gasteiger partial charge in [0.25, 0.3) is 11.8 Å².